The Morgan fingerprint density at radius 2 is 1.94 bits per heavy atom. The van der Waals surface area contributed by atoms with Crippen LogP contribution in [0.15, 0.2) is 24.5 Å². The molecule has 0 atom stereocenters. The van der Waals surface area contributed by atoms with Crippen LogP contribution in [-0.2, 0) is 11.3 Å². The summed E-state index contributed by atoms with van der Waals surface area (Å²) < 4.78 is 0. The Morgan fingerprint density at radius 3 is 2.44 bits per heavy atom. The lowest BCUT2D eigenvalue weighted by atomic mass is 10.0. The van der Waals surface area contributed by atoms with E-state index in [0.717, 1.165) is 12.1 Å². The number of carbonyl (C=O) groups excluding carboxylic acids is 1. The molecule has 1 amide bonds. The first-order valence-electron chi connectivity index (χ1n) is 6.44. The molecule has 1 heterocycles. The number of hydrogen-bond donors (Lipinski definition) is 1. The van der Waals surface area contributed by atoms with Gasteiger partial charge in [-0.3, -0.25) is 9.78 Å². The lowest BCUT2D eigenvalue weighted by molar-refractivity contribution is -0.137. The smallest absolute Gasteiger partial charge is 0.242 e. The molecular weight excluding hydrogens is 226 g/mol. The minimum absolute atomic E-state index is 0.128. The monoisotopic (exact) mass is 249 g/mol. The van der Waals surface area contributed by atoms with Gasteiger partial charge in [0.15, 0.2) is 0 Å². The number of hydrogen-bond acceptors (Lipinski definition) is 3. The molecule has 0 fully saturated rings. The zero-order valence-electron chi connectivity index (χ0n) is 11.7. The van der Waals surface area contributed by atoms with Crippen LogP contribution in [0.25, 0.3) is 0 Å². The second-order valence-corrected chi connectivity index (χ2v) is 4.83. The summed E-state index contributed by atoms with van der Waals surface area (Å²) in [6, 6.07) is 3.88. The number of rotatable bonds is 6. The predicted octanol–water partition coefficient (Wildman–Crippen LogP) is 1.82. The molecule has 0 bridgehead atoms. The maximum absolute atomic E-state index is 12.4. The van der Waals surface area contributed by atoms with Gasteiger partial charge in [0.05, 0.1) is 5.54 Å². The number of likely N-dealkylation sites (N-methyl/N-ethyl adjacent to an activating group) is 2. The topological polar surface area (TPSA) is 45.2 Å². The maximum Gasteiger partial charge on any atom is 0.242 e. The van der Waals surface area contributed by atoms with Crippen molar-refractivity contribution in [2.24, 2.45) is 0 Å². The molecule has 0 unspecified atom stereocenters. The van der Waals surface area contributed by atoms with Crippen LogP contribution in [0.2, 0.25) is 0 Å². The SMILES string of the molecule is CCNC(C)(C)C(=O)N(CC)Cc1ccncc1. The number of amides is 1. The van der Waals surface area contributed by atoms with Crippen molar-refractivity contribution >= 4 is 5.91 Å². The molecule has 0 aliphatic carbocycles. The van der Waals surface area contributed by atoms with Crippen molar-refractivity contribution < 1.29 is 4.79 Å². The van der Waals surface area contributed by atoms with Gasteiger partial charge in [-0.2, -0.15) is 0 Å². The highest BCUT2D eigenvalue weighted by Gasteiger charge is 2.30. The molecule has 4 heteroatoms. The third-order valence-corrected chi connectivity index (χ3v) is 2.95. The molecule has 0 aromatic carbocycles. The molecule has 0 aliphatic rings. The molecule has 18 heavy (non-hydrogen) atoms. The average Bonchev–Trinajstić information content (AvgIpc) is 2.36. The van der Waals surface area contributed by atoms with Gasteiger partial charge >= 0.3 is 0 Å². The van der Waals surface area contributed by atoms with E-state index in [1.165, 1.54) is 0 Å². The van der Waals surface area contributed by atoms with E-state index in [2.05, 4.69) is 10.3 Å². The molecule has 100 valence electrons. The standard InChI is InChI=1S/C14H23N3O/c1-5-16-14(3,4)13(18)17(6-2)11-12-7-9-15-10-8-12/h7-10,16H,5-6,11H2,1-4H3. The Morgan fingerprint density at radius 1 is 1.33 bits per heavy atom. The van der Waals surface area contributed by atoms with Crippen LogP contribution in [0.5, 0.6) is 0 Å². The van der Waals surface area contributed by atoms with E-state index in [9.17, 15) is 4.79 Å². The fourth-order valence-electron chi connectivity index (χ4n) is 1.95. The van der Waals surface area contributed by atoms with E-state index in [-0.39, 0.29) is 5.91 Å². The van der Waals surface area contributed by atoms with Crippen molar-refractivity contribution in [2.75, 3.05) is 13.1 Å². The first-order valence-corrected chi connectivity index (χ1v) is 6.44. The van der Waals surface area contributed by atoms with Crippen molar-refractivity contribution in [3.8, 4) is 0 Å². The molecule has 1 aromatic heterocycles. The lowest BCUT2D eigenvalue weighted by Crippen LogP contribution is -2.53. The number of aromatic nitrogens is 1. The number of carbonyl (C=O) groups is 1. The first-order chi connectivity index (χ1) is 8.51. The van der Waals surface area contributed by atoms with Crippen molar-refractivity contribution in [2.45, 2.75) is 39.8 Å². The summed E-state index contributed by atoms with van der Waals surface area (Å²) in [7, 11) is 0. The molecule has 1 rings (SSSR count). The highest BCUT2D eigenvalue weighted by molar-refractivity contribution is 5.85. The van der Waals surface area contributed by atoms with Crippen LogP contribution in [0.3, 0.4) is 0 Å². The van der Waals surface area contributed by atoms with E-state index in [0.29, 0.717) is 13.1 Å². The zero-order chi connectivity index (χ0) is 13.6. The largest absolute Gasteiger partial charge is 0.337 e. The van der Waals surface area contributed by atoms with E-state index >= 15 is 0 Å². The third-order valence-electron chi connectivity index (χ3n) is 2.95. The summed E-state index contributed by atoms with van der Waals surface area (Å²) in [5.41, 5.74) is 0.588. The van der Waals surface area contributed by atoms with Gasteiger partial charge in [0.2, 0.25) is 5.91 Å². The van der Waals surface area contributed by atoms with Gasteiger partial charge < -0.3 is 10.2 Å². The molecule has 0 aliphatic heterocycles. The average molecular weight is 249 g/mol. The minimum atomic E-state index is -0.516. The maximum atomic E-state index is 12.4. The molecule has 0 saturated carbocycles. The first kappa shape index (κ1) is 14.6. The van der Waals surface area contributed by atoms with Crippen molar-refractivity contribution in [1.82, 2.24) is 15.2 Å². The highest BCUT2D eigenvalue weighted by Crippen LogP contribution is 2.11. The van der Waals surface area contributed by atoms with Gasteiger partial charge in [0.1, 0.15) is 0 Å². The van der Waals surface area contributed by atoms with Crippen molar-refractivity contribution in [1.29, 1.82) is 0 Å². The number of nitrogens with one attached hydrogen (secondary N) is 1. The van der Waals surface area contributed by atoms with Crippen LogP contribution >= 0.6 is 0 Å². The summed E-state index contributed by atoms with van der Waals surface area (Å²) in [6.07, 6.45) is 3.51. The van der Waals surface area contributed by atoms with Crippen LogP contribution in [-0.4, -0.2) is 34.4 Å². The van der Waals surface area contributed by atoms with Crippen LogP contribution < -0.4 is 5.32 Å². The van der Waals surface area contributed by atoms with E-state index < -0.39 is 5.54 Å². The summed E-state index contributed by atoms with van der Waals surface area (Å²) in [6.45, 7) is 9.98. The molecule has 0 spiro atoms. The van der Waals surface area contributed by atoms with Crippen molar-refractivity contribution in [3.63, 3.8) is 0 Å². The van der Waals surface area contributed by atoms with Gasteiger partial charge in [-0.1, -0.05) is 6.92 Å². The molecule has 1 aromatic rings. The van der Waals surface area contributed by atoms with Crippen LogP contribution in [0.4, 0.5) is 0 Å². The summed E-state index contributed by atoms with van der Waals surface area (Å²) >= 11 is 0. The zero-order valence-corrected chi connectivity index (χ0v) is 11.7. The van der Waals surface area contributed by atoms with Gasteiger partial charge in [0, 0.05) is 25.5 Å². The molecule has 4 nitrogen and oxygen atoms in total. The fraction of sp³-hybridized carbons (Fsp3) is 0.571. The minimum Gasteiger partial charge on any atom is -0.337 e. The van der Waals surface area contributed by atoms with Crippen LogP contribution in [0.1, 0.15) is 33.3 Å². The Labute approximate surface area is 109 Å². The molecule has 1 N–H and O–H groups in total. The molecule has 0 radical (unpaired) electrons. The number of pyridine rings is 1. The van der Waals surface area contributed by atoms with E-state index in [1.54, 1.807) is 12.4 Å². The van der Waals surface area contributed by atoms with E-state index in [4.69, 9.17) is 0 Å². The molecular formula is C14H23N3O. The predicted molar refractivity (Wildman–Crippen MR) is 73.1 cm³/mol. The highest BCUT2D eigenvalue weighted by atomic mass is 16.2. The second kappa shape index (κ2) is 6.50. The Hall–Kier alpha value is -1.42. The van der Waals surface area contributed by atoms with Crippen LogP contribution in [0, 0.1) is 0 Å². The Kier molecular flexibility index (Phi) is 5.28. The fourth-order valence-corrected chi connectivity index (χ4v) is 1.95. The molecule has 0 saturated heterocycles. The summed E-state index contributed by atoms with van der Waals surface area (Å²) in [4.78, 5) is 18.3. The number of nitrogens with zero attached hydrogens (tertiary/aromatic N) is 2. The Balaban J connectivity index is 2.75. The normalized spacial score (nSPS) is 11.3. The lowest BCUT2D eigenvalue weighted by Gasteiger charge is -2.32. The van der Waals surface area contributed by atoms with Gasteiger partial charge in [-0.25, -0.2) is 0 Å². The second-order valence-electron chi connectivity index (χ2n) is 4.83. The summed E-state index contributed by atoms with van der Waals surface area (Å²) in [5, 5.41) is 3.22. The van der Waals surface area contributed by atoms with Crippen molar-refractivity contribution in [3.05, 3.63) is 30.1 Å². The third kappa shape index (κ3) is 3.81. The van der Waals surface area contributed by atoms with E-state index in [1.807, 2.05) is 44.7 Å². The van der Waals surface area contributed by atoms with Gasteiger partial charge in [0.25, 0.3) is 0 Å². The Bertz CT molecular complexity index is 376. The van der Waals surface area contributed by atoms with Gasteiger partial charge in [-0.05, 0) is 45.0 Å². The van der Waals surface area contributed by atoms with Gasteiger partial charge in [-0.15, -0.1) is 0 Å². The quantitative estimate of drug-likeness (QED) is 0.836. The summed E-state index contributed by atoms with van der Waals surface area (Å²) in [5.74, 6) is 0.128.